The summed E-state index contributed by atoms with van der Waals surface area (Å²) in [6.45, 7) is 6.44. The van der Waals surface area contributed by atoms with E-state index in [4.69, 9.17) is 26.8 Å². The van der Waals surface area contributed by atoms with Gasteiger partial charge in [0.25, 0.3) is 0 Å². The lowest BCUT2D eigenvalue weighted by Gasteiger charge is -2.12. The summed E-state index contributed by atoms with van der Waals surface area (Å²) < 4.78 is 38.8. The number of hydrogen-bond acceptors (Lipinski definition) is 6. The first-order valence-electron chi connectivity index (χ1n) is 8.24. The summed E-state index contributed by atoms with van der Waals surface area (Å²) in [5.41, 5.74) is 5.41. The van der Waals surface area contributed by atoms with E-state index in [1.807, 2.05) is 0 Å². The van der Waals surface area contributed by atoms with Gasteiger partial charge in [-0.05, 0) is 32.7 Å². The van der Waals surface area contributed by atoms with E-state index in [1.54, 1.807) is 13.8 Å². The number of amides is 1. The average molecular weight is 443 g/mol. The van der Waals surface area contributed by atoms with Crippen LogP contribution in [-0.2, 0) is 11.3 Å². The minimum absolute atomic E-state index is 0.140. The predicted molar refractivity (Wildman–Crippen MR) is 108 cm³/mol. The Labute approximate surface area is 174 Å². The number of carbonyl (C=O) groups excluding carboxylic acids is 2. The molecule has 1 amide bonds. The number of benzene rings is 1. The lowest BCUT2D eigenvalue weighted by atomic mass is 10.1. The van der Waals surface area contributed by atoms with Crippen LogP contribution in [0.1, 0.15) is 43.0 Å². The van der Waals surface area contributed by atoms with Crippen molar-refractivity contribution in [3.63, 3.8) is 0 Å². The van der Waals surface area contributed by atoms with Crippen molar-refractivity contribution in [1.82, 2.24) is 0 Å². The molecule has 29 heavy (non-hydrogen) atoms. The highest BCUT2D eigenvalue weighted by Gasteiger charge is 2.25. The summed E-state index contributed by atoms with van der Waals surface area (Å²) >= 11 is 7.34. The van der Waals surface area contributed by atoms with Gasteiger partial charge in [0.1, 0.15) is 11.5 Å². The number of aryl methyl sites for hydroxylation is 1. The molecular formula is C19H17ClF2N2O4S. The molecule has 2 N–H and O–H groups in total. The molecule has 1 aromatic carbocycles. The fraction of sp³-hybridized carbons (Fsp3) is 0.211. The molecule has 10 heteroatoms. The Balaban J connectivity index is 2.48. The van der Waals surface area contributed by atoms with Gasteiger partial charge in [-0.3, -0.25) is 9.79 Å². The van der Waals surface area contributed by atoms with E-state index in [2.05, 4.69) is 11.7 Å². The molecule has 6 nitrogen and oxygen atoms in total. The number of rotatable bonds is 8. The molecule has 0 unspecified atom stereocenters. The second kappa shape index (κ2) is 9.62. The van der Waals surface area contributed by atoms with Crippen LogP contribution in [0.5, 0.6) is 5.75 Å². The highest BCUT2D eigenvalue weighted by atomic mass is 35.5. The first kappa shape index (κ1) is 22.5. The monoisotopic (exact) mass is 442 g/mol. The van der Waals surface area contributed by atoms with Crippen LogP contribution in [0.2, 0.25) is 0 Å². The van der Waals surface area contributed by atoms with Gasteiger partial charge in [-0.25, -0.2) is 13.6 Å². The van der Waals surface area contributed by atoms with E-state index >= 15 is 0 Å². The third-order valence-corrected chi connectivity index (χ3v) is 5.15. The standard InChI is InChI=1S/C19H17ClF2N2O4S/c1-4-27-19(26)17-11(15(9(2)29-17)12(20)7-24-3)8-28-16-13(21)5-10(18(23)25)6-14(16)22/h5-7H,3-4,8H2,1-2H3,(H2,23,25)/b12-7+. The van der Waals surface area contributed by atoms with Crippen LogP contribution >= 0.6 is 22.9 Å². The molecule has 154 valence electrons. The third-order valence-electron chi connectivity index (χ3n) is 3.73. The Hall–Kier alpha value is -2.78. The van der Waals surface area contributed by atoms with Crippen LogP contribution in [0.4, 0.5) is 8.78 Å². The Morgan fingerprint density at radius 2 is 1.97 bits per heavy atom. The molecule has 0 saturated carbocycles. The number of primary amides is 1. The molecule has 0 aliphatic heterocycles. The van der Waals surface area contributed by atoms with Crippen molar-refractivity contribution in [1.29, 1.82) is 0 Å². The van der Waals surface area contributed by atoms with Gasteiger partial charge in [-0.2, -0.15) is 0 Å². The molecule has 0 bridgehead atoms. The Kier molecular flexibility index (Phi) is 7.46. The van der Waals surface area contributed by atoms with Crippen molar-refractivity contribution in [2.45, 2.75) is 20.5 Å². The quantitative estimate of drug-likeness (QED) is 0.483. The highest BCUT2D eigenvalue weighted by molar-refractivity contribution is 7.14. The van der Waals surface area contributed by atoms with E-state index in [1.165, 1.54) is 6.20 Å². The van der Waals surface area contributed by atoms with E-state index in [9.17, 15) is 18.4 Å². The summed E-state index contributed by atoms with van der Waals surface area (Å²) in [5, 5.41) is 0.174. The van der Waals surface area contributed by atoms with Crippen molar-refractivity contribution in [3.05, 3.63) is 56.4 Å². The third kappa shape index (κ3) is 4.99. The van der Waals surface area contributed by atoms with Gasteiger partial charge < -0.3 is 15.2 Å². The van der Waals surface area contributed by atoms with Crippen LogP contribution in [0, 0.1) is 18.6 Å². The molecular weight excluding hydrogens is 426 g/mol. The minimum Gasteiger partial charge on any atom is -0.483 e. The fourth-order valence-corrected chi connectivity index (χ4v) is 3.98. The second-order valence-electron chi connectivity index (χ2n) is 5.64. The zero-order valence-electron chi connectivity index (χ0n) is 15.6. The van der Waals surface area contributed by atoms with Gasteiger partial charge >= 0.3 is 5.97 Å². The van der Waals surface area contributed by atoms with E-state index in [0.29, 0.717) is 10.4 Å². The number of nitrogens with zero attached hydrogens (tertiary/aromatic N) is 1. The maximum Gasteiger partial charge on any atom is 0.348 e. The summed E-state index contributed by atoms with van der Waals surface area (Å²) in [6.07, 6.45) is 1.28. The number of nitrogens with two attached hydrogens (primary N) is 1. The largest absolute Gasteiger partial charge is 0.483 e. The molecule has 1 heterocycles. The lowest BCUT2D eigenvalue weighted by Crippen LogP contribution is -2.13. The zero-order valence-corrected chi connectivity index (χ0v) is 17.1. The molecule has 1 aromatic heterocycles. The normalized spacial score (nSPS) is 11.3. The topological polar surface area (TPSA) is 91.0 Å². The van der Waals surface area contributed by atoms with Crippen molar-refractivity contribution in [2.24, 2.45) is 10.7 Å². The van der Waals surface area contributed by atoms with Gasteiger partial charge in [-0.1, -0.05) is 11.6 Å². The number of aliphatic imine (C=N–C) groups is 1. The summed E-state index contributed by atoms with van der Waals surface area (Å²) in [4.78, 5) is 27.9. The molecule has 0 spiro atoms. The molecule has 0 aliphatic rings. The molecule has 2 aromatic rings. The van der Waals surface area contributed by atoms with Gasteiger partial charge in [-0.15, -0.1) is 11.3 Å². The van der Waals surface area contributed by atoms with Gasteiger partial charge in [0.15, 0.2) is 17.4 Å². The first-order chi connectivity index (χ1) is 13.7. The van der Waals surface area contributed by atoms with Crippen LogP contribution in [0.15, 0.2) is 23.3 Å². The van der Waals surface area contributed by atoms with E-state index in [0.717, 1.165) is 23.5 Å². The highest BCUT2D eigenvalue weighted by Crippen LogP contribution is 2.37. The Bertz CT molecular complexity index is 981. The SMILES string of the molecule is C=N/C=C(/Cl)c1c(C)sc(C(=O)OCC)c1COc1c(F)cc(C(N)=O)cc1F. The first-order valence-corrected chi connectivity index (χ1v) is 9.43. The van der Waals surface area contributed by atoms with Crippen LogP contribution in [0.25, 0.3) is 5.03 Å². The van der Waals surface area contributed by atoms with Crippen LogP contribution < -0.4 is 10.5 Å². The summed E-state index contributed by atoms with van der Waals surface area (Å²) in [6, 6.07) is 1.53. The lowest BCUT2D eigenvalue weighted by molar-refractivity contribution is 0.0529. The smallest absolute Gasteiger partial charge is 0.348 e. The van der Waals surface area contributed by atoms with Crippen molar-refractivity contribution < 1.29 is 27.8 Å². The molecule has 0 fully saturated rings. The maximum atomic E-state index is 14.2. The molecule has 0 atom stereocenters. The average Bonchev–Trinajstić information content (AvgIpc) is 2.97. The molecule has 0 radical (unpaired) electrons. The van der Waals surface area contributed by atoms with Gasteiger partial charge in [0, 0.05) is 27.8 Å². The van der Waals surface area contributed by atoms with E-state index in [-0.39, 0.29) is 27.6 Å². The molecule has 2 rings (SSSR count). The number of ether oxygens (including phenoxy) is 2. The Morgan fingerprint density at radius 1 is 1.34 bits per heavy atom. The fourth-order valence-electron chi connectivity index (χ4n) is 2.53. The van der Waals surface area contributed by atoms with Crippen molar-refractivity contribution in [2.75, 3.05) is 6.61 Å². The number of esters is 1. The summed E-state index contributed by atoms with van der Waals surface area (Å²) in [5.74, 6) is -4.55. The number of halogens is 3. The predicted octanol–water partition coefficient (Wildman–Crippen LogP) is 4.43. The van der Waals surface area contributed by atoms with Gasteiger partial charge in [0.2, 0.25) is 5.91 Å². The zero-order chi connectivity index (χ0) is 21.7. The Morgan fingerprint density at radius 3 is 2.48 bits per heavy atom. The number of carbonyl (C=O) groups is 2. The molecule has 0 aliphatic carbocycles. The number of thiophene rings is 1. The van der Waals surface area contributed by atoms with Gasteiger partial charge in [0.05, 0.1) is 11.6 Å². The van der Waals surface area contributed by atoms with Crippen molar-refractivity contribution >= 4 is 46.6 Å². The second-order valence-corrected chi connectivity index (χ2v) is 7.27. The maximum absolute atomic E-state index is 14.2. The van der Waals surface area contributed by atoms with Crippen LogP contribution in [-0.4, -0.2) is 25.2 Å². The van der Waals surface area contributed by atoms with E-state index < -0.39 is 35.9 Å². The number of hydrogen-bond donors (Lipinski definition) is 1. The van der Waals surface area contributed by atoms with Crippen LogP contribution in [0.3, 0.4) is 0 Å². The van der Waals surface area contributed by atoms with Crippen molar-refractivity contribution in [3.8, 4) is 5.75 Å². The summed E-state index contributed by atoms with van der Waals surface area (Å²) in [7, 11) is 0. The molecule has 0 saturated heterocycles. The minimum atomic E-state index is -1.11.